The molecule has 3 aromatic rings. The molecule has 1 atom stereocenters. The number of Topliss-reactive ketones (excluding diaryl/α,β-unsaturated/α-hetero) is 2. The molecule has 1 aliphatic carbocycles. The summed E-state index contributed by atoms with van der Waals surface area (Å²) in [5.41, 5.74) is 3.61. The molecule has 5 rings (SSSR count). The number of fused-ring (bicyclic) bond motifs is 2. The molecule has 0 spiro atoms. The Morgan fingerprint density at radius 3 is 2.29 bits per heavy atom. The van der Waals surface area contributed by atoms with E-state index in [0.29, 0.717) is 33.7 Å². The molecule has 0 N–H and O–H groups in total. The lowest BCUT2D eigenvalue weighted by Gasteiger charge is -2.32. The van der Waals surface area contributed by atoms with Gasteiger partial charge >= 0.3 is 0 Å². The van der Waals surface area contributed by atoms with Crippen LogP contribution >= 0.6 is 0 Å². The van der Waals surface area contributed by atoms with Crippen LogP contribution in [0.2, 0.25) is 0 Å². The number of rotatable bonds is 5. The Morgan fingerprint density at radius 2 is 1.55 bits per heavy atom. The zero-order valence-electron chi connectivity index (χ0n) is 18.1. The van der Waals surface area contributed by atoms with Crippen LogP contribution in [0, 0.1) is 0 Å². The number of hydrogen-bond acceptors (Lipinski definition) is 3. The number of allylic oxidation sites excluding steroid dienone is 2. The molecule has 1 aliphatic heterocycles. The number of nitrogens with zero attached hydrogens (tertiary/aromatic N) is 2. The van der Waals surface area contributed by atoms with Crippen LogP contribution < -0.4 is 0 Å². The van der Waals surface area contributed by atoms with Crippen molar-refractivity contribution in [3.8, 4) is 0 Å². The summed E-state index contributed by atoms with van der Waals surface area (Å²) in [7, 11) is 2.10. The molecule has 0 aromatic heterocycles. The van der Waals surface area contributed by atoms with Gasteiger partial charge in [-0.25, -0.2) is 0 Å². The molecule has 2 aliphatic rings. The molecule has 1 heterocycles. The van der Waals surface area contributed by atoms with Gasteiger partial charge in [-0.05, 0) is 22.8 Å². The summed E-state index contributed by atoms with van der Waals surface area (Å²) in [6.07, 6.45) is 1.78. The van der Waals surface area contributed by atoms with Crippen LogP contribution in [-0.2, 0) is 6.42 Å². The van der Waals surface area contributed by atoms with Crippen LogP contribution in [-0.4, -0.2) is 47.8 Å². The van der Waals surface area contributed by atoms with Crippen LogP contribution in [0.5, 0.6) is 0 Å². The van der Waals surface area contributed by atoms with E-state index in [1.54, 1.807) is 12.1 Å². The summed E-state index contributed by atoms with van der Waals surface area (Å²) in [6, 6.07) is 22.2. The van der Waals surface area contributed by atoms with Gasteiger partial charge in [-0.1, -0.05) is 73.7 Å². The number of carbonyl (C=O) groups excluding carboxylic acids is 2. The standard InChI is InChI=1S/C27H27N2O2/c1-3-15-28-18-29(2,16-14-19-12-13-20-8-4-5-9-21(20)17-19)25-24(28)26(30)22-10-6-7-11-23(22)27(25)31/h4-13,17H,3,14-16,18H2,1-2H3/q+1. The molecule has 156 valence electrons. The Kier molecular flexibility index (Phi) is 4.75. The molecular formula is C27H27N2O2+. The van der Waals surface area contributed by atoms with Gasteiger partial charge in [0.15, 0.2) is 12.4 Å². The van der Waals surface area contributed by atoms with E-state index < -0.39 is 0 Å². The van der Waals surface area contributed by atoms with E-state index in [2.05, 4.69) is 61.3 Å². The summed E-state index contributed by atoms with van der Waals surface area (Å²) < 4.78 is 0.473. The molecular weight excluding hydrogens is 384 g/mol. The molecule has 0 radical (unpaired) electrons. The minimum Gasteiger partial charge on any atom is -0.316 e. The minimum absolute atomic E-state index is 0.00446. The van der Waals surface area contributed by atoms with Crippen molar-refractivity contribution in [2.45, 2.75) is 19.8 Å². The highest BCUT2D eigenvalue weighted by Gasteiger charge is 2.51. The SMILES string of the molecule is CCCN1C[N+](C)(CCc2ccc3ccccc3c2)C2=C1C(=O)c1ccccc1C2=O. The van der Waals surface area contributed by atoms with Crippen molar-refractivity contribution in [1.82, 2.24) is 4.90 Å². The van der Waals surface area contributed by atoms with Gasteiger partial charge < -0.3 is 4.90 Å². The first-order valence-corrected chi connectivity index (χ1v) is 11.0. The molecule has 3 aromatic carbocycles. The normalized spacial score (nSPS) is 20.4. The zero-order valence-corrected chi connectivity index (χ0v) is 18.1. The quantitative estimate of drug-likeness (QED) is 0.566. The lowest BCUT2D eigenvalue weighted by atomic mass is 9.89. The van der Waals surface area contributed by atoms with Gasteiger partial charge in [0.05, 0.1) is 13.6 Å². The third-order valence-electron chi connectivity index (χ3n) is 6.61. The highest BCUT2D eigenvalue weighted by molar-refractivity contribution is 6.26. The lowest BCUT2D eigenvalue weighted by molar-refractivity contribution is -0.869. The molecule has 0 fully saturated rings. The molecule has 0 saturated carbocycles. The molecule has 0 bridgehead atoms. The highest BCUT2D eigenvalue weighted by Crippen LogP contribution is 2.39. The Bertz CT molecular complexity index is 1240. The third kappa shape index (κ3) is 3.19. The zero-order chi connectivity index (χ0) is 21.6. The fourth-order valence-corrected chi connectivity index (χ4v) is 5.07. The maximum Gasteiger partial charge on any atom is 0.249 e. The van der Waals surface area contributed by atoms with E-state index in [1.165, 1.54) is 16.3 Å². The van der Waals surface area contributed by atoms with Gasteiger partial charge in [0, 0.05) is 24.1 Å². The van der Waals surface area contributed by atoms with E-state index in [9.17, 15) is 9.59 Å². The van der Waals surface area contributed by atoms with E-state index in [0.717, 1.165) is 25.9 Å². The predicted molar refractivity (Wildman–Crippen MR) is 123 cm³/mol. The summed E-state index contributed by atoms with van der Waals surface area (Å²) in [5, 5.41) is 2.46. The van der Waals surface area contributed by atoms with E-state index in [1.807, 2.05) is 12.1 Å². The van der Waals surface area contributed by atoms with E-state index in [4.69, 9.17) is 0 Å². The molecule has 4 nitrogen and oxygen atoms in total. The van der Waals surface area contributed by atoms with Crippen molar-refractivity contribution >= 4 is 22.3 Å². The first-order chi connectivity index (χ1) is 15.0. The van der Waals surface area contributed by atoms with Gasteiger partial charge in [0.1, 0.15) is 0 Å². The smallest absolute Gasteiger partial charge is 0.249 e. The topological polar surface area (TPSA) is 37.4 Å². The van der Waals surface area contributed by atoms with Gasteiger partial charge in [0.25, 0.3) is 0 Å². The fraction of sp³-hybridized carbons (Fsp3) is 0.259. The summed E-state index contributed by atoms with van der Waals surface area (Å²) >= 11 is 0. The number of ketones is 2. The predicted octanol–water partition coefficient (Wildman–Crippen LogP) is 4.80. The fourth-order valence-electron chi connectivity index (χ4n) is 5.07. The second kappa shape index (κ2) is 7.47. The monoisotopic (exact) mass is 411 g/mol. The van der Waals surface area contributed by atoms with Gasteiger partial charge in [-0.2, -0.15) is 0 Å². The Balaban J connectivity index is 1.50. The minimum atomic E-state index is -0.00814. The third-order valence-corrected chi connectivity index (χ3v) is 6.61. The van der Waals surface area contributed by atoms with Crippen LogP contribution in [0.4, 0.5) is 0 Å². The number of benzene rings is 3. The molecule has 31 heavy (non-hydrogen) atoms. The largest absolute Gasteiger partial charge is 0.316 e. The van der Waals surface area contributed by atoms with E-state index in [-0.39, 0.29) is 11.6 Å². The molecule has 4 heteroatoms. The Morgan fingerprint density at radius 1 is 0.871 bits per heavy atom. The van der Waals surface area contributed by atoms with Crippen molar-refractivity contribution in [3.63, 3.8) is 0 Å². The van der Waals surface area contributed by atoms with Gasteiger partial charge in [-0.15, -0.1) is 0 Å². The van der Waals surface area contributed by atoms with E-state index >= 15 is 0 Å². The molecule has 0 saturated heterocycles. The van der Waals surface area contributed by atoms with Gasteiger partial charge in [-0.3, -0.25) is 14.1 Å². The lowest BCUT2D eigenvalue weighted by Crippen LogP contribution is -2.47. The van der Waals surface area contributed by atoms with Crippen molar-refractivity contribution < 1.29 is 14.1 Å². The summed E-state index contributed by atoms with van der Waals surface area (Å²) in [4.78, 5) is 29.0. The van der Waals surface area contributed by atoms with Crippen molar-refractivity contribution in [2.75, 3.05) is 26.8 Å². The average Bonchev–Trinajstić information content (AvgIpc) is 3.09. The summed E-state index contributed by atoms with van der Waals surface area (Å²) in [6.45, 7) is 4.33. The Hall–Kier alpha value is -3.24. The first-order valence-electron chi connectivity index (χ1n) is 11.0. The Labute approximate surface area is 183 Å². The first kappa shape index (κ1) is 19.7. The van der Waals surface area contributed by atoms with Crippen LogP contribution in [0.1, 0.15) is 39.6 Å². The van der Waals surface area contributed by atoms with Crippen LogP contribution in [0.3, 0.4) is 0 Å². The maximum absolute atomic E-state index is 13.5. The number of hydrogen-bond donors (Lipinski definition) is 0. The second-order valence-corrected chi connectivity index (χ2v) is 8.86. The molecule has 1 unspecified atom stereocenters. The average molecular weight is 412 g/mol. The van der Waals surface area contributed by atoms with Crippen molar-refractivity contribution in [2.24, 2.45) is 0 Å². The molecule has 0 amide bonds. The maximum atomic E-state index is 13.5. The number of carbonyl (C=O) groups is 2. The van der Waals surface area contributed by atoms with Crippen LogP contribution in [0.15, 0.2) is 78.1 Å². The van der Waals surface area contributed by atoms with Crippen molar-refractivity contribution in [1.29, 1.82) is 0 Å². The van der Waals surface area contributed by atoms with Gasteiger partial charge in [0.2, 0.25) is 17.3 Å². The number of likely N-dealkylation sites (N-methyl/N-ethyl adjacent to an activating group) is 1. The van der Waals surface area contributed by atoms with Crippen LogP contribution in [0.25, 0.3) is 10.8 Å². The summed E-state index contributed by atoms with van der Waals surface area (Å²) in [5.74, 6) is -0.00369. The number of quaternary nitrogens is 1. The highest BCUT2D eigenvalue weighted by atomic mass is 16.1. The second-order valence-electron chi connectivity index (χ2n) is 8.86. The van der Waals surface area contributed by atoms with Crippen molar-refractivity contribution in [3.05, 3.63) is 94.8 Å².